The van der Waals surface area contributed by atoms with Crippen LogP contribution in [0.3, 0.4) is 0 Å². The van der Waals surface area contributed by atoms with Gasteiger partial charge in [0.2, 0.25) is 0 Å². The Labute approximate surface area is 76.0 Å². The summed E-state index contributed by atoms with van der Waals surface area (Å²) in [6.07, 6.45) is 6.11. The number of hydrogen-bond acceptors (Lipinski definition) is 1. The molecule has 0 spiro atoms. The van der Waals surface area contributed by atoms with Crippen molar-refractivity contribution in [2.45, 2.75) is 19.8 Å². The number of alkyl halides is 1. The molecule has 0 atom stereocenters. The fraction of sp³-hybridized carbons (Fsp3) is 0.444. The van der Waals surface area contributed by atoms with Crippen LogP contribution >= 0.6 is 15.9 Å². The van der Waals surface area contributed by atoms with Crippen molar-refractivity contribution in [1.29, 1.82) is 0 Å². The minimum atomic E-state index is 1.07. The van der Waals surface area contributed by atoms with Gasteiger partial charge in [0.25, 0.3) is 0 Å². The third kappa shape index (κ3) is 2.62. The minimum Gasteiger partial charge on any atom is -0.264 e. The van der Waals surface area contributed by atoms with Crippen molar-refractivity contribution in [2.24, 2.45) is 0 Å². The average molecular weight is 214 g/mol. The molecule has 0 aromatic carbocycles. The zero-order valence-electron chi connectivity index (χ0n) is 6.68. The first kappa shape index (κ1) is 8.72. The van der Waals surface area contributed by atoms with Crippen LogP contribution in [0.5, 0.6) is 0 Å². The number of hydrogen-bond donors (Lipinski definition) is 0. The predicted molar refractivity (Wildman–Crippen MR) is 51.1 cm³/mol. The van der Waals surface area contributed by atoms with Crippen LogP contribution in [0.15, 0.2) is 18.5 Å². The van der Waals surface area contributed by atoms with Crippen molar-refractivity contribution >= 4 is 15.9 Å². The maximum Gasteiger partial charge on any atom is 0.0302 e. The summed E-state index contributed by atoms with van der Waals surface area (Å²) in [5.41, 5.74) is 2.72. The molecule has 0 radical (unpaired) electrons. The topological polar surface area (TPSA) is 12.9 Å². The Morgan fingerprint density at radius 2 is 2.36 bits per heavy atom. The molecule has 0 amide bonds. The van der Waals surface area contributed by atoms with Gasteiger partial charge in [-0.3, -0.25) is 4.98 Å². The van der Waals surface area contributed by atoms with Crippen molar-refractivity contribution in [3.63, 3.8) is 0 Å². The highest BCUT2D eigenvalue weighted by molar-refractivity contribution is 9.09. The van der Waals surface area contributed by atoms with Gasteiger partial charge in [-0.2, -0.15) is 0 Å². The number of aromatic nitrogens is 1. The van der Waals surface area contributed by atoms with Gasteiger partial charge in [-0.05, 0) is 37.0 Å². The molecule has 0 aliphatic rings. The summed E-state index contributed by atoms with van der Waals surface area (Å²) in [5.74, 6) is 0. The van der Waals surface area contributed by atoms with Crippen molar-refractivity contribution < 1.29 is 0 Å². The highest BCUT2D eigenvalue weighted by Crippen LogP contribution is 2.08. The molecule has 11 heavy (non-hydrogen) atoms. The maximum absolute atomic E-state index is 4.08. The van der Waals surface area contributed by atoms with E-state index in [1.54, 1.807) is 0 Å². The quantitative estimate of drug-likeness (QED) is 0.705. The Morgan fingerprint density at radius 1 is 1.55 bits per heavy atom. The highest BCUT2D eigenvalue weighted by atomic mass is 79.9. The first-order valence-corrected chi connectivity index (χ1v) is 4.92. The van der Waals surface area contributed by atoms with E-state index in [2.05, 4.69) is 33.9 Å². The van der Waals surface area contributed by atoms with Gasteiger partial charge >= 0.3 is 0 Å². The lowest BCUT2D eigenvalue weighted by atomic mass is 10.1. The van der Waals surface area contributed by atoms with Gasteiger partial charge in [-0.15, -0.1) is 0 Å². The smallest absolute Gasteiger partial charge is 0.0302 e. The SMILES string of the molecule is Cc1ccncc1CCCBr. The van der Waals surface area contributed by atoms with E-state index >= 15 is 0 Å². The molecule has 0 aliphatic heterocycles. The molecule has 1 rings (SSSR count). The number of pyridine rings is 1. The molecule has 0 bridgehead atoms. The third-order valence-corrected chi connectivity index (χ3v) is 2.29. The van der Waals surface area contributed by atoms with E-state index in [1.165, 1.54) is 17.5 Å². The van der Waals surface area contributed by atoms with Gasteiger partial charge < -0.3 is 0 Å². The first-order chi connectivity index (χ1) is 5.34. The van der Waals surface area contributed by atoms with Gasteiger partial charge in [0.15, 0.2) is 0 Å². The van der Waals surface area contributed by atoms with Gasteiger partial charge in [-0.25, -0.2) is 0 Å². The van der Waals surface area contributed by atoms with Crippen molar-refractivity contribution in [1.82, 2.24) is 4.98 Å². The second-order valence-electron chi connectivity index (χ2n) is 2.59. The molecular formula is C9H12BrN. The van der Waals surface area contributed by atoms with E-state index in [9.17, 15) is 0 Å². The van der Waals surface area contributed by atoms with Gasteiger partial charge in [-0.1, -0.05) is 15.9 Å². The summed E-state index contributed by atoms with van der Waals surface area (Å²) in [4.78, 5) is 4.08. The average Bonchev–Trinajstić information content (AvgIpc) is 2.03. The van der Waals surface area contributed by atoms with Crippen LogP contribution in [0, 0.1) is 6.92 Å². The van der Waals surface area contributed by atoms with Crippen molar-refractivity contribution in [2.75, 3.05) is 5.33 Å². The number of nitrogens with zero attached hydrogens (tertiary/aromatic N) is 1. The molecule has 1 heterocycles. The Kier molecular flexibility index (Phi) is 3.57. The number of aryl methyl sites for hydroxylation is 2. The van der Waals surface area contributed by atoms with Crippen LogP contribution in [-0.2, 0) is 6.42 Å². The summed E-state index contributed by atoms with van der Waals surface area (Å²) >= 11 is 3.41. The Bertz CT molecular complexity index is 223. The molecule has 0 saturated carbocycles. The molecule has 0 fully saturated rings. The molecule has 2 heteroatoms. The van der Waals surface area contributed by atoms with Crippen LogP contribution in [-0.4, -0.2) is 10.3 Å². The zero-order valence-corrected chi connectivity index (χ0v) is 8.26. The molecule has 1 aromatic rings. The van der Waals surface area contributed by atoms with Gasteiger partial charge in [0.05, 0.1) is 0 Å². The lowest BCUT2D eigenvalue weighted by Crippen LogP contribution is -1.90. The second-order valence-corrected chi connectivity index (χ2v) is 3.39. The van der Waals surface area contributed by atoms with Gasteiger partial charge in [0.1, 0.15) is 0 Å². The fourth-order valence-electron chi connectivity index (χ4n) is 1.02. The summed E-state index contributed by atoms with van der Waals surface area (Å²) in [6.45, 7) is 2.13. The number of rotatable bonds is 3. The Balaban J connectivity index is 2.62. The van der Waals surface area contributed by atoms with E-state index in [0.717, 1.165) is 11.8 Å². The summed E-state index contributed by atoms with van der Waals surface area (Å²) in [5, 5.41) is 1.07. The lowest BCUT2D eigenvalue weighted by molar-refractivity contribution is 0.919. The fourth-order valence-corrected chi connectivity index (χ4v) is 1.30. The van der Waals surface area contributed by atoms with Crippen LogP contribution in [0.4, 0.5) is 0 Å². The molecule has 1 nitrogen and oxygen atoms in total. The normalized spacial score (nSPS) is 10.0. The van der Waals surface area contributed by atoms with E-state index < -0.39 is 0 Å². The Morgan fingerprint density at radius 3 is 3.00 bits per heavy atom. The summed E-state index contributed by atoms with van der Waals surface area (Å²) in [7, 11) is 0. The maximum atomic E-state index is 4.08. The van der Waals surface area contributed by atoms with E-state index in [1.807, 2.05) is 12.4 Å². The van der Waals surface area contributed by atoms with Gasteiger partial charge in [0, 0.05) is 17.7 Å². The minimum absolute atomic E-state index is 1.07. The van der Waals surface area contributed by atoms with Crippen LogP contribution in [0.25, 0.3) is 0 Å². The Hall–Kier alpha value is -0.370. The lowest BCUT2D eigenvalue weighted by Gasteiger charge is -2.01. The van der Waals surface area contributed by atoms with Crippen LogP contribution < -0.4 is 0 Å². The third-order valence-electron chi connectivity index (χ3n) is 1.73. The largest absolute Gasteiger partial charge is 0.264 e. The van der Waals surface area contributed by atoms with Crippen LogP contribution in [0.1, 0.15) is 17.5 Å². The molecule has 0 N–H and O–H groups in total. The second kappa shape index (κ2) is 4.50. The molecule has 0 unspecified atom stereocenters. The van der Waals surface area contributed by atoms with E-state index in [0.29, 0.717) is 0 Å². The molecular weight excluding hydrogens is 202 g/mol. The molecule has 1 aromatic heterocycles. The van der Waals surface area contributed by atoms with Crippen molar-refractivity contribution in [3.05, 3.63) is 29.6 Å². The highest BCUT2D eigenvalue weighted by Gasteiger charge is 1.95. The number of halogens is 1. The van der Waals surface area contributed by atoms with Crippen LogP contribution in [0.2, 0.25) is 0 Å². The van der Waals surface area contributed by atoms with E-state index in [4.69, 9.17) is 0 Å². The monoisotopic (exact) mass is 213 g/mol. The molecule has 0 saturated heterocycles. The van der Waals surface area contributed by atoms with E-state index in [-0.39, 0.29) is 0 Å². The van der Waals surface area contributed by atoms with Crippen molar-refractivity contribution in [3.8, 4) is 0 Å². The zero-order chi connectivity index (χ0) is 8.10. The molecule has 0 aliphatic carbocycles. The summed E-state index contributed by atoms with van der Waals surface area (Å²) < 4.78 is 0. The predicted octanol–water partition coefficient (Wildman–Crippen LogP) is 2.72. The first-order valence-electron chi connectivity index (χ1n) is 3.80. The standard InChI is InChI=1S/C9H12BrN/c1-8-4-6-11-7-9(8)3-2-5-10/h4,6-7H,2-3,5H2,1H3. The molecule has 60 valence electrons. The summed E-state index contributed by atoms with van der Waals surface area (Å²) in [6, 6.07) is 2.06.